The van der Waals surface area contributed by atoms with Gasteiger partial charge in [-0.2, -0.15) is 0 Å². The molecule has 0 bridgehead atoms. The van der Waals surface area contributed by atoms with Crippen LogP contribution in [0.25, 0.3) is 0 Å². The van der Waals surface area contributed by atoms with Crippen LogP contribution in [-0.4, -0.2) is 69.3 Å². The van der Waals surface area contributed by atoms with Crippen molar-refractivity contribution in [2.24, 2.45) is 5.92 Å². The summed E-state index contributed by atoms with van der Waals surface area (Å²) in [5.41, 5.74) is 4.29. The lowest BCUT2D eigenvalue weighted by atomic mass is 9.92. The van der Waals surface area contributed by atoms with Gasteiger partial charge < -0.3 is 30.7 Å². The molecule has 2 heterocycles. The molecule has 2 aromatic heterocycles. The van der Waals surface area contributed by atoms with Crippen molar-refractivity contribution < 1.29 is 24.2 Å². The van der Waals surface area contributed by atoms with Gasteiger partial charge in [-0.3, -0.25) is 14.8 Å². The normalized spacial score (nSPS) is 14.0. The van der Waals surface area contributed by atoms with E-state index in [4.69, 9.17) is 4.74 Å². The molecule has 0 fully saturated rings. The van der Waals surface area contributed by atoms with E-state index < -0.39 is 42.3 Å². The number of pyridine rings is 1. The highest BCUT2D eigenvalue weighted by molar-refractivity contribution is 7.09. The number of aliphatic hydroxyl groups is 1. The van der Waals surface area contributed by atoms with Crippen LogP contribution in [0.15, 0.2) is 96.8 Å². The molecule has 260 valence electrons. The number of nitrogens with zero attached hydrogens (tertiary/aromatic N) is 3. The number of nitrogens with one attached hydrogen (secondary N) is 3. The SMILES string of the molecule is CC[C@H](C)[C@H](NC(=O)N(C)Cc1ccccn1)C(=O)N[C@@H](Cc1ccccc1)[C@@H](O)C[C@H](Cc1ccccc1)NC(=O)OCc1cncs1. The first-order chi connectivity index (χ1) is 23.7. The second-order valence-corrected chi connectivity index (χ2v) is 13.1. The third-order valence-electron chi connectivity index (χ3n) is 8.34. The van der Waals surface area contributed by atoms with Crippen molar-refractivity contribution in [2.75, 3.05) is 7.05 Å². The minimum Gasteiger partial charge on any atom is -0.444 e. The van der Waals surface area contributed by atoms with E-state index in [0.29, 0.717) is 19.3 Å². The lowest BCUT2D eigenvalue weighted by Crippen LogP contribution is -2.57. The fraction of sp³-hybridized carbons (Fsp3) is 0.378. The lowest BCUT2D eigenvalue weighted by Gasteiger charge is -2.31. The zero-order valence-corrected chi connectivity index (χ0v) is 29.0. The van der Waals surface area contributed by atoms with Gasteiger partial charge in [0.05, 0.1) is 34.8 Å². The number of hydrogen-bond acceptors (Lipinski definition) is 8. The maximum Gasteiger partial charge on any atom is 0.407 e. The van der Waals surface area contributed by atoms with E-state index in [2.05, 4.69) is 25.9 Å². The van der Waals surface area contributed by atoms with Crippen LogP contribution in [0.3, 0.4) is 0 Å². The number of thiazole rings is 1. The Bertz CT molecular complexity index is 1560. The number of carbonyl (C=O) groups excluding carboxylic acids is 3. The van der Waals surface area contributed by atoms with Gasteiger partial charge in [0.15, 0.2) is 0 Å². The van der Waals surface area contributed by atoms with E-state index in [1.807, 2.05) is 92.7 Å². The van der Waals surface area contributed by atoms with E-state index in [9.17, 15) is 19.5 Å². The molecule has 0 spiro atoms. The summed E-state index contributed by atoms with van der Waals surface area (Å²) in [7, 11) is 1.65. The summed E-state index contributed by atoms with van der Waals surface area (Å²) in [6, 6.07) is 22.2. The molecule has 0 saturated carbocycles. The highest BCUT2D eigenvalue weighted by atomic mass is 32.1. The van der Waals surface area contributed by atoms with Gasteiger partial charge in [0, 0.05) is 25.5 Å². The average Bonchev–Trinajstić information content (AvgIpc) is 3.64. The highest BCUT2D eigenvalue weighted by Gasteiger charge is 2.32. The van der Waals surface area contributed by atoms with Crippen molar-refractivity contribution in [3.63, 3.8) is 0 Å². The molecule has 5 atom stereocenters. The van der Waals surface area contributed by atoms with Gasteiger partial charge in [-0.15, -0.1) is 11.3 Å². The number of ether oxygens (including phenoxy) is 1. The quantitative estimate of drug-likeness (QED) is 0.121. The second-order valence-electron chi connectivity index (χ2n) is 12.2. The Kier molecular flexibility index (Phi) is 14.5. The van der Waals surface area contributed by atoms with Crippen LogP contribution < -0.4 is 16.0 Å². The minimum atomic E-state index is -1.06. The molecular weight excluding hydrogens is 641 g/mol. The first kappa shape index (κ1) is 37.0. The molecule has 11 nitrogen and oxygen atoms in total. The number of rotatable bonds is 17. The molecule has 0 saturated heterocycles. The first-order valence-corrected chi connectivity index (χ1v) is 17.4. The molecule has 49 heavy (non-hydrogen) atoms. The molecule has 4 N–H and O–H groups in total. The van der Waals surface area contributed by atoms with Gasteiger partial charge in [0.1, 0.15) is 12.6 Å². The predicted octanol–water partition coefficient (Wildman–Crippen LogP) is 5.11. The first-order valence-electron chi connectivity index (χ1n) is 16.5. The second kappa shape index (κ2) is 19.3. The largest absolute Gasteiger partial charge is 0.444 e. The van der Waals surface area contributed by atoms with E-state index in [1.165, 1.54) is 16.2 Å². The van der Waals surface area contributed by atoms with Crippen molar-refractivity contribution in [3.8, 4) is 0 Å². The van der Waals surface area contributed by atoms with Crippen LogP contribution in [0.5, 0.6) is 0 Å². The molecule has 4 rings (SSSR count). The molecule has 0 aliphatic carbocycles. The Morgan fingerprint density at radius 2 is 1.59 bits per heavy atom. The number of benzene rings is 2. The van der Waals surface area contributed by atoms with E-state index in [0.717, 1.165) is 21.7 Å². The summed E-state index contributed by atoms with van der Waals surface area (Å²) in [5.74, 6) is -0.590. The lowest BCUT2D eigenvalue weighted by molar-refractivity contribution is -0.125. The zero-order valence-electron chi connectivity index (χ0n) is 28.2. The monoisotopic (exact) mass is 686 g/mol. The summed E-state index contributed by atoms with van der Waals surface area (Å²) >= 11 is 1.39. The van der Waals surface area contributed by atoms with Crippen LogP contribution in [0.4, 0.5) is 9.59 Å². The topological polar surface area (TPSA) is 146 Å². The number of aromatic nitrogens is 2. The molecule has 4 aromatic rings. The van der Waals surface area contributed by atoms with Crippen LogP contribution in [0, 0.1) is 5.92 Å². The van der Waals surface area contributed by atoms with Crippen molar-refractivity contribution in [1.82, 2.24) is 30.8 Å². The minimum absolute atomic E-state index is 0.0869. The number of urea groups is 1. The van der Waals surface area contributed by atoms with E-state index in [1.54, 1.807) is 25.0 Å². The summed E-state index contributed by atoms with van der Waals surface area (Å²) in [6.07, 6.45) is 3.19. The Labute approximate surface area is 292 Å². The van der Waals surface area contributed by atoms with Crippen LogP contribution in [0.2, 0.25) is 0 Å². The molecule has 0 radical (unpaired) electrons. The molecule has 2 aromatic carbocycles. The van der Waals surface area contributed by atoms with Gasteiger partial charge >= 0.3 is 12.1 Å². The number of hydrogen-bond donors (Lipinski definition) is 4. The molecule has 0 aliphatic rings. The fourth-order valence-electron chi connectivity index (χ4n) is 5.38. The van der Waals surface area contributed by atoms with Crippen LogP contribution in [0.1, 0.15) is 48.4 Å². The zero-order chi connectivity index (χ0) is 35.0. The van der Waals surface area contributed by atoms with E-state index >= 15 is 0 Å². The van der Waals surface area contributed by atoms with Gasteiger partial charge in [0.2, 0.25) is 5.91 Å². The number of amides is 4. The van der Waals surface area contributed by atoms with Crippen molar-refractivity contribution >= 4 is 29.4 Å². The Morgan fingerprint density at radius 1 is 0.918 bits per heavy atom. The smallest absolute Gasteiger partial charge is 0.407 e. The summed E-state index contributed by atoms with van der Waals surface area (Å²) < 4.78 is 5.44. The highest BCUT2D eigenvalue weighted by Crippen LogP contribution is 2.17. The molecule has 0 aliphatic heterocycles. The maximum atomic E-state index is 14.0. The van der Waals surface area contributed by atoms with Crippen molar-refractivity contribution in [2.45, 2.75) is 76.9 Å². The van der Waals surface area contributed by atoms with Crippen molar-refractivity contribution in [1.29, 1.82) is 0 Å². The Morgan fingerprint density at radius 3 is 2.20 bits per heavy atom. The standard InChI is InChI=1S/C37H46N6O5S/c1-4-26(2)34(42-36(46)43(3)23-29-17-11-12-18-39-29)35(45)41-32(20-28-15-9-6-10-16-28)33(44)21-30(19-27-13-7-5-8-14-27)40-37(47)48-24-31-22-38-25-49-31/h5-18,22,25-26,30,32-34,44H,4,19-21,23-24H2,1-3H3,(H,40,47)(H,41,45)(H,42,46)/t26-,30-,32-,33-,34-/m0/s1. The average molecular weight is 687 g/mol. The van der Waals surface area contributed by atoms with Crippen LogP contribution >= 0.6 is 11.3 Å². The molecular formula is C37H46N6O5S. The summed E-state index contributed by atoms with van der Waals surface area (Å²) in [5, 5.41) is 20.6. The Hall–Kier alpha value is -4.81. The molecule has 12 heteroatoms. The predicted molar refractivity (Wildman–Crippen MR) is 190 cm³/mol. The molecule has 0 unspecified atom stereocenters. The van der Waals surface area contributed by atoms with Crippen molar-refractivity contribution in [3.05, 3.63) is 118 Å². The van der Waals surface area contributed by atoms with Crippen LogP contribution in [-0.2, 0) is 35.5 Å². The summed E-state index contributed by atoms with van der Waals surface area (Å²) in [4.78, 5) is 50.7. The number of carbonyl (C=O) groups is 3. The molecule has 4 amide bonds. The fourth-order valence-corrected chi connectivity index (χ4v) is 5.89. The number of aliphatic hydroxyl groups excluding tert-OH is 1. The maximum absolute atomic E-state index is 14.0. The third kappa shape index (κ3) is 12.3. The summed E-state index contributed by atoms with van der Waals surface area (Å²) in [6.45, 7) is 4.23. The van der Waals surface area contributed by atoms with Gasteiger partial charge in [0.25, 0.3) is 0 Å². The van der Waals surface area contributed by atoms with Gasteiger partial charge in [-0.05, 0) is 48.4 Å². The Balaban J connectivity index is 1.49. The van der Waals surface area contributed by atoms with Gasteiger partial charge in [-0.1, -0.05) is 87.0 Å². The number of alkyl carbamates (subject to hydrolysis) is 1. The van der Waals surface area contributed by atoms with E-state index in [-0.39, 0.29) is 25.5 Å². The third-order valence-corrected chi connectivity index (χ3v) is 9.09. The van der Waals surface area contributed by atoms with Gasteiger partial charge in [-0.25, -0.2) is 9.59 Å².